The SMILES string of the molecule is Cc1cc(Nc2ccc(Cl)cc2)n(-c2nc(C)c(Cl)c(=O)[nH]2)n1. The van der Waals surface area contributed by atoms with Crippen molar-refractivity contribution in [2.24, 2.45) is 0 Å². The van der Waals surface area contributed by atoms with Gasteiger partial charge in [-0.3, -0.25) is 9.78 Å². The summed E-state index contributed by atoms with van der Waals surface area (Å²) in [4.78, 5) is 18.8. The summed E-state index contributed by atoms with van der Waals surface area (Å²) in [5, 5.41) is 8.30. The monoisotopic (exact) mass is 349 g/mol. The predicted molar refractivity (Wildman–Crippen MR) is 91.2 cm³/mol. The molecule has 23 heavy (non-hydrogen) atoms. The highest BCUT2D eigenvalue weighted by molar-refractivity contribution is 6.31. The lowest BCUT2D eigenvalue weighted by Gasteiger charge is -2.09. The molecule has 118 valence electrons. The number of hydrogen-bond donors (Lipinski definition) is 2. The average Bonchev–Trinajstić information content (AvgIpc) is 2.87. The predicted octanol–water partition coefficient (Wildman–Crippen LogP) is 3.62. The number of halogens is 2. The Morgan fingerprint density at radius 2 is 1.87 bits per heavy atom. The van der Waals surface area contributed by atoms with Gasteiger partial charge in [-0.1, -0.05) is 23.2 Å². The first-order valence-electron chi connectivity index (χ1n) is 6.80. The molecule has 1 aromatic carbocycles. The number of nitrogens with zero attached hydrogens (tertiary/aromatic N) is 3. The largest absolute Gasteiger partial charge is 0.340 e. The van der Waals surface area contributed by atoms with Crippen LogP contribution in [0, 0.1) is 13.8 Å². The number of rotatable bonds is 3. The molecule has 0 aliphatic rings. The first-order valence-corrected chi connectivity index (χ1v) is 7.55. The summed E-state index contributed by atoms with van der Waals surface area (Å²) >= 11 is 11.8. The number of benzene rings is 1. The summed E-state index contributed by atoms with van der Waals surface area (Å²) in [5.41, 5.74) is 1.65. The van der Waals surface area contributed by atoms with Crippen molar-refractivity contribution in [3.05, 3.63) is 62.1 Å². The zero-order valence-electron chi connectivity index (χ0n) is 12.4. The summed E-state index contributed by atoms with van der Waals surface area (Å²) in [5.74, 6) is 0.955. The minimum Gasteiger partial charge on any atom is -0.340 e. The summed E-state index contributed by atoms with van der Waals surface area (Å²) in [6, 6.07) is 9.10. The van der Waals surface area contributed by atoms with Crippen molar-refractivity contribution in [1.82, 2.24) is 19.7 Å². The average molecular weight is 350 g/mol. The summed E-state index contributed by atoms with van der Waals surface area (Å²) in [6.07, 6.45) is 0. The number of aromatic nitrogens is 4. The van der Waals surface area contributed by atoms with Crippen molar-refractivity contribution in [3.8, 4) is 5.95 Å². The molecular weight excluding hydrogens is 337 g/mol. The maximum Gasteiger partial charge on any atom is 0.271 e. The van der Waals surface area contributed by atoms with Gasteiger partial charge in [-0.2, -0.15) is 9.78 Å². The van der Waals surface area contributed by atoms with E-state index in [9.17, 15) is 4.79 Å². The Morgan fingerprint density at radius 1 is 1.17 bits per heavy atom. The van der Waals surface area contributed by atoms with Gasteiger partial charge < -0.3 is 5.32 Å². The third-order valence-corrected chi connectivity index (χ3v) is 3.86. The van der Waals surface area contributed by atoms with Crippen LogP contribution in [0.1, 0.15) is 11.4 Å². The quantitative estimate of drug-likeness (QED) is 0.757. The first-order chi connectivity index (χ1) is 10.9. The van der Waals surface area contributed by atoms with Crippen LogP contribution in [-0.4, -0.2) is 19.7 Å². The van der Waals surface area contributed by atoms with Gasteiger partial charge in [-0.15, -0.1) is 0 Å². The van der Waals surface area contributed by atoms with Crippen molar-refractivity contribution in [3.63, 3.8) is 0 Å². The molecule has 2 aromatic heterocycles. The molecule has 0 atom stereocenters. The van der Waals surface area contributed by atoms with Crippen molar-refractivity contribution in [2.75, 3.05) is 5.32 Å². The van der Waals surface area contributed by atoms with E-state index in [-0.39, 0.29) is 5.02 Å². The van der Waals surface area contributed by atoms with Crippen LogP contribution in [-0.2, 0) is 0 Å². The van der Waals surface area contributed by atoms with Crippen molar-refractivity contribution in [1.29, 1.82) is 0 Å². The van der Waals surface area contributed by atoms with E-state index >= 15 is 0 Å². The number of nitrogens with one attached hydrogen (secondary N) is 2. The molecule has 0 unspecified atom stereocenters. The highest BCUT2D eigenvalue weighted by Crippen LogP contribution is 2.21. The lowest BCUT2D eigenvalue weighted by Crippen LogP contribution is -2.17. The van der Waals surface area contributed by atoms with Crippen molar-refractivity contribution in [2.45, 2.75) is 13.8 Å². The number of H-pyrrole nitrogens is 1. The molecule has 0 aliphatic carbocycles. The van der Waals surface area contributed by atoms with Crippen LogP contribution >= 0.6 is 23.2 Å². The molecule has 2 heterocycles. The van der Waals surface area contributed by atoms with Crippen LogP contribution in [0.2, 0.25) is 10.0 Å². The van der Waals surface area contributed by atoms with Gasteiger partial charge in [0.15, 0.2) is 0 Å². The van der Waals surface area contributed by atoms with Gasteiger partial charge in [0, 0.05) is 16.8 Å². The molecule has 0 spiro atoms. The van der Waals surface area contributed by atoms with Crippen LogP contribution < -0.4 is 10.9 Å². The topological polar surface area (TPSA) is 75.6 Å². The second-order valence-corrected chi connectivity index (χ2v) is 5.82. The summed E-state index contributed by atoms with van der Waals surface area (Å²) < 4.78 is 1.52. The smallest absolute Gasteiger partial charge is 0.271 e. The Labute approximate surface area is 142 Å². The number of aryl methyl sites for hydroxylation is 2. The standard InChI is InChI=1S/C15H13Cl2N5O/c1-8-7-12(19-11-5-3-10(16)4-6-11)22(21-8)15-18-9(2)13(17)14(23)20-15/h3-7,19H,1-2H3,(H,18,20,23). The minimum atomic E-state index is -0.403. The number of aromatic amines is 1. The molecule has 0 radical (unpaired) electrons. The first kappa shape index (κ1) is 15.6. The molecule has 3 rings (SSSR count). The molecule has 0 amide bonds. The van der Waals surface area contributed by atoms with E-state index in [1.54, 1.807) is 19.1 Å². The van der Waals surface area contributed by atoms with Gasteiger partial charge >= 0.3 is 0 Å². The number of hydrogen-bond acceptors (Lipinski definition) is 4. The molecule has 0 aliphatic heterocycles. The molecule has 0 saturated heterocycles. The van der Waals surface area contributed by atoms with Crippen LogP contribution in [0.4, 0.5) is 11.5 Å². The Hall–Kier alpha value is -2.31. The maximum atomic E-state index is 11.8. The molecule has 6 nitrogen and oxygen atoms in total. The van der Waals surface area contributed by atoms with Crippen LogP contribution in [0.5, 0.6) is 0 Å². The molecule has 0 saturated carbocycles. The second-order valence-electron chi connectivity index (χ2n) is 5.00. The maximum absolute atomic E-state index is 11.8. The lowest BCUT2D eigenvalue weighted by atomic mass is 10.3. The fourth-order valence-electron chi connectivity index (χ4n) is 2.09. The van der Waals surface area contributed by atoms with E-state index in [1.807, 2.05) is 25.1 Å². The minimum absolute atomic E-state index is 0.0739. The van der Waals surface area contributed by atoms with E-state index in [0.29, 0.717) is 22.5 Å². The Bertz CT molecular complexity index is 915. The fourth-order valence-corrected chi connectivity index (χ4v) is 2.30. The molecule has 0 fully saturated rings. The number of anilines is 2. The highest BCUT2D eigenvalue weighted by Gasteiger charge is 2.13. The van der Waals surface area contributed by atoms with Gasteiger partial charge in [-0.25, -0.2) is 4.98 Å². The fraction of sp³-hybridized carbons (Fsp3) is 0.133. The highest BCUT2D eigenvalue weighted by atomic mass is 35.5. The third-order valence-electron chi connectivity index (χ3n) is 3.16. The van der Waals surface area contributed by atoms with Gasteiger partial charge in [0.1, 0.15) is 10.8 Å². The Kier molecular flexibility index (Phi) is 4.11. The molecule has 0 bridgehead atoms. The van der Waals surface area contributed by atoms with Crippen molar-refractivity contribution >= 4 is 34.7 Å². The molecule has 3 aromatic rings. The normalized spacial score (nSPS) is 10.8. The Morgan fingerprint density at radius 3 is 2.52 bits per heavy atom. The van der Waals surface area contributed by atoms with E-state index < -0.39 is 5.56 Å². The zero-order chi connectivity index (χ0) is 16.6. The van der Waals surface area contributed by atoms with E-state index in [2.05, 4.69) is 20.4 Å². The van der Waals surface area contributed by atoms with E-state index in [0.717, 1.165) is 11.4 Å². The zero-order valence-corrected chi connectivity index (χ0v) is 13.9. The van der Waals surface area contributed by atoms with E-state index in [4.69, 9.17) is 23.2 Å². The molecular formula is C15H13Cl2N5O. The summed E-state index contributed by atoms with van der Waals surface area (Å²) in [7, 11) is 0. The molecule has 2 N–H and O–H groups in total. The second kappa shape index (κ2) is 6.06. The summed E-state index contributed by atoms with van der Waals surface area (Å²) in [6.45, 7) is 3.52. The van der Waals surface area contributed by atoms with Crippen LogP contribution in [0.3, 0.4) is 0 Å². The Balaban J connectivity index is 2.04. The van der Waals surface area contributed by atoms with Gasteiger partial charge in [0.25, 0.3) is 5.56 Å². The van der Waals surface area contributed by atoms with Gasteiger partial charge in [0.05, 0.1) is 11.4 Å². The third kappa shape index (κ3) is 3.23. The van der Waals surface area contributed by atoms with Gasteiger partial charge in [0.2, 0.25) is 5.95 Å². The van der Waals surface area contributed by atoms with Gasteiger partial charge in [-0.05, 0) is 38.1 Å². The van der Waals surface area contributed by atoms with Crippen LogP contribution in [0.25, 0.3) is 5.95 Å². The lowest BCUT2D eigenvalue weighted by molar-refractivity contribution is 0.790. The molecule has 8 heteroatoms. The van der Waals surface area contributed by atoms with Crippen molar-refractivity contribution < 1.29 is 0 Å². The van der Waals surface area contributed by atoms with E-state index in [1.165, 1.54) is 4.68 Å². The van der Waals surface area contributed by atoms with Crippen LogP contribution in [0.15, 0.2) is 35.1 Å².